The first-order valence-corrected chi connectivity index (χ1v) is 5.43. The summed E-state index contributed by atoms with van der Waals surface area (Å²) in [5.74, 6) is 0.185. The summed E-state index contributed by atoms with van der Waals surface area (Å²) in [5, 5.41) is 10.1. The molecule has 1 atom stereocenters. The summed E-state index contributed by atoms with van der Waals surface area (Å²) in [4.78, 5) is 8.05. The van der Waals surface area contributed by atoms with Crippen molar-refractivity contribution in [2.75, 3.05) is 7.11 Å². The van der Waals surface area contributed by atoms with E-state index in [0.29, 0.717) is 17.1 Å². The Morgan fingerprint density at radius 1 is 1.33 bits per heavy atom. The molecule has 4 nitrogen and oxygen atoms in total. The molecule has 0 bridgehead atoms. The molecule has 0 fully saturated rings. The van der Waals surface area contributed by atoms with Crippen molar-refractivity contribution < 1.29 is 14.2 Å². The molecule has 0 radical (unpaired) electrons. The van der Waals surface area contributed by atoms with Crippen molar-refractivity contribution in [1.29, 1.82) is 0 Å². The summed E-state index contributed by atoms with van der Waals surface area (Å²) in [5.41, 5.74) is 0.860. The molecule has 5 heteroatoms. The van der Waals surface area contributed by atoms with Gasteiger partial charge in [0.2, 0.25) is 0 Å². The molecule has 2 rings (SSSR count). The van der Waals surface area contributed by atoms with Gasteiger partial charge in [-0.1, -0.05) is 6.07 Å². The molecule has 18 heavy (non-hydrogen) atoms. The highest BCUT2D eigenvalue weighted by molar-refractivity contribution is 5.33. The largest absolute Gasteiger partial charge is 0.494 e. The Balaban J connectivity index is 2.34. The third-order valence-electron chi connectivity index (χ3n) is 2.57. The second-order valence-electron chi connectivity index (χ2n) is 3.83. The molecule has 0 saturated carbocycles. The number of aliphatic hydroxyl groups is 1. The van der Waals surface area contributed by atoms with Crippen LogP contribution in [0.2, 0.25) is 0 Å². The van der Waals surface area contributed by atoms with Crippen molar-refractivity contribution in [2.45, 2.75) is 13.0 Å². The summed E-state index contributed by atoms with van der Waals surface area (Å²) >= 11 is 0. The lowest BCUT2D eigenvalue weighted by atomic mass is 10.1. The molecular weight excluding hydrogens is 235 g/mol. The highest BCUT2D eigenvalue weighted by atomic mass is 19.1. The molecule has 1 aromatic carbocycles. The molecule has 1 heterocycles. The first-order chi connectivity index (χ1) is 8.61. The lowest BCUT2D eigenvalue weighted by Gasteiger charge is -2.12. The summed E-state index contributed by atoms with van der Waals surface area (Å²) in [7, 11) is 1.39. The summed E-state index contributed by atoms with van der Waals surface area (Å²) < 4.78 is 18.4. The summed E-state index contributed by atoms with van der Waals surface area (Å²) in [6, 6.07) is 5.91. The third-order valence-corrected chi connectivity index (χ3v) is 2.57. The number of ether oxygens (including phenoxy) is 1. The maximum absolute atomic E-state index is 13.5. The van der Waals surface area contributed by atoms with Crippen molar-refractivity contribution >= 4 is 0 Å². The van der Waals surface area contributed by atoms with E-state index in [4.69, 9.17) is 4.74 Å². The number of benzene rings is 1. The smallest absolute Gasteiger partial charge is 0.165 e. The maximum atomic E-state index is 13.5. The molecule has 0 saturated heterocycles. The van der Waals surface area contributed by atoms with E-state index in [1.54, 1.807) is 25.3 Å². The van der Waals surface area contributed by atoms with Crippen molar-refractivity contribution in [3.63, 3.8) is 0 Å². The Bertz CT molecular complexity index is 560. The number of aryl methyl sites for hydroxylation is 1. The molecule has 0 aliphatic rings. The topological polar surface area (TPSA) is 55.2 Å². The predicted octanol–water partition coefficient (Wildman–Crippen LogP) is 2.01. The standard InChI is InChI=1S/C13H13FN2O2/c1-8-15-6-5-11(16-8)13(17)9-3-4-12(18-2)10(14)7-9/h3-7,13,17H,1-2H3. The second kappa shape index (κ2) is 5.10. The van der Waals surface area contributed by atoms with E-state index in [9.17, 15) is 9.50 Å². The number of aliphatic hydroxyl groups excluding tert-OH is 1. The van der Waals surface area contributed by atoms with Gasteiger partial charge in [0.05, 0.1) is 12.8 Å². The Kier molecular flexibility index (Phi) is 3.53. The highest BCUT2D eigenvalue weighted by Gasteiger charge is 2.14. The number of nitrogens with zero attached hydrogens (tertiary/aromatic N) is 2. The molecule has 1 aromatic heterocycles. The zero-order valence-electron chi connectivity index (χ0n) is 10.1. The van der Waals surface area contributed by atoms with Gasteiger partial charge < -0.3 is 9.84 Å². The van der Waals surface area contributed by atoms with E-state index in [2.05, 4.69) is 9.97 Å². The molecule has 0 aliphatic carbocycles. The van der Waals surface area contributed by atoms with Gasteiger partial charge in [0.25, 0.3) is 0 Å². The quantitative estimate of drug-likeness (QED) is 0.902. The average Bonchev–Trinajstić information content (AvgIpc) is 2.37. The minimum absolute atomic E-state index is 0.143. The van der Waals surface area contributed by atoms with Crippen LogP contribution in [-0.2, 0) is 0 Å². The molecule has 1 unspecified atom stereocenters. The fourth-order valence-electron chi connectivity index (χ4n) is 1.65. The van der Waals surface area contributed by atoms with E-state index < -0.39 is 11.9 Å². The first kappa shape index (κ1) is 12.4. The van der Waals surface area contributed by atoms with Gasteiger partial charge in [-0.25, -0.2) is 14.4 Å². The Labute approximate surface area is 104 Å². The molecule has 0 amide bonds. The predicted molar refractivity (Wildman–Crippen MR) is 63.8 cm³/mol. The maximum Gasteiger partial charge on any atom is 0.165 e. The van der Waals surface area contributed by atoms with Crippen LogP contribution in [0.15, 0.2) is 30.5 Å². The van der Waals surface area contributed by atoms with Gasteiger partial charge in [0.15, 0.2) is 11.6 Å². The van der Waals surface area contributed by atoms with Crippen LogP contribution in [0.25, 0.3) is 0 Å². The molecule has 2 aromatic rings. The number of aromatic nitrogens is 2. The lowest BCUT2D eigenvalue weighted by molar-refractivity contribution is 0.214. The van der Waals surface area contributed by atoms with Crippen LogP contribution in [0.1, 0.15) is 23.2 Å². The molecular formula is C13H13FN2O2. The van der Waals surface area contributed by atoms with Crippen molar-refractivity contribution in [1.82, 2.24) is 9.97 Å². The van der Waals surface area contributed by atoms with Crippen LogP contribution < -0.4 is 4.74 Å². The van der Waals surface area contributed by atoms with Gasteiger partial charge >= 0.3 is 0 Å². The monoisotopic (exact) mass is 248 g/mol. The number of halogens is 1. The van der Waals surface area contributed by atoms with E-state index in [1.807, 2.05) is 0 Å². The van der Waals surface area contributed by atoms with Crippen LogP contribution in [0, 0.1) is 12.7 Å². The molecule has 94 valence electrons. The van der Waals surface area contributed by atoms with Crippen LogP contribution in [0.4, 0.5) is 4.39 Å². The Morgan fingerprint density at radius 2 is 2.11 bits per heavy atom. The molecule has 0 aliphatic heterocycles. The third kappa shape index (κ3) is 2.46. The highest BCUT2D eigenvalue weighted by Crippen LogP contribution is 2.25. The van der Waals surface area contributed by atoms with Gasteiger partial charge in [0.1, 0.15) is 11.9 Å². The van der Waals surface area contributed by atoms with E-state index in [-0.39, 0.29) is 5.75 Å². The van der Waals surface area contributed by atoms with E-state index >= 15 is 0 Å². The first-order valence-electron chi connectivity index (χ1n) is 5.43. The van der Waals surface area contributed by atoms with Crippen molar-refractivity contribution in [3.05, 3.63) is 53.4 Å². The molecule has 0 spiro atoms. The zero-order valence-corrected chi connectivity index (χ0v) is 10.1. The summed E-state index contributed by atoms with van der Waals surface area (Å²) in [6.07, 6.45) is 0.577. The van der Waals surface area contributed by atoms with Gasteiger partial charge in [-0.2, -0.15) is 0 Å². The lowest BCUT2D eigenvalue weighted by Crippen LogP contribution is -2.05. The van der Waals surface area contributed by atoms with Gasteiger partial charge in [0, 0.05) is 6.20 Å². The van der Waals surface area contributed by atoms with Crippen molar-refractivity contribution in [3.8, 4) is 5.75 Å². The Hall–Kier alpha value is -2.01. The summed E-state index contributed by atoms with van der Waals surface area (Å²) in [6.45, 7) is 1.73. The second-order valence-corrected chi connectivity index (χ2v) is 3.83. The van der Waals surface area contributed by atoms with Crippen LogP contribution >= 0.6 is 0 Å². The minimum Gasteiger partial charge on any atom is -0.494 e. The minimum atomic E-state index is -0.980. The zero-order chi connectivity index (χ0) is 13.1. The van der Waals surface area contributed by atoms with Crippen LogP contribution in [-0.4, -0.2) is 22.2 Å². The van der Waals surface area contributed by atoms with Gasteiger partial charge in [-0.3, -0.25) is 0 Å². The van der Waals surface area contributed by atoms with Crippen molar-refractivity contribution in [2.24, 2.45) is 0 Å². The van der Waals surface area contributed by atoms with Crippen LogP contribution in [0.5, 0.6) is 5.75 Å². The average molecular weight is 248 g/mol. The van der Waals surface area contributed by atoms with E-state index in [0.717, 1.165) is 0 Å². The number of methoxy groups -OCH3 is 1. The van der Waals surface area contributed by atoms with Crippen LogP contribution in [0.3, 0.4) is 0 Å². The number of hydrogen-bond donors (Lipinski definition) is 1. The number of rotatable bonds is 3. The van der Waals surface area contributed by atoms with Gasteiger partial charge in [-0.05, 0) is 30.7 Å². The Morgan fingerprint density at radius 3 is 2.72 bits per heavy atom. The SMILES string of the molecule is COc1ccc(C(O)c2ccnc(C)n2)cc1F. The normalized spacial score (nSPS) is 12.2. The van der Waals surface area contributed by atoms with Gasteiger partial charge in [-0.15, -0.1) is 0 Å². The number of hydrogen-bond acceptors (Lipinski definition) is 4. The molecule has 1 N–H and O–H groups in total. The van der Waals surface area contributed by atoms with E-state index in [1.165, 1.54) is 19.2 Å². The fraction of sp³-hybridized carbons (Fsp3) is 0.231. The fourth-order valence-corrected chi connectivity index (χ4v) is 1.65.